The lowest BCUT2D eigenvalue weighted by Gasteiger charge is -2.35. The summed E-state index contributed by atoms with van der Waals surface area (Å²) in [6.45, 7) is 1.99. The zero-order valence-electron chi connectivity index (χ0n) is 14.7. The summed E-state index contributed by atoms with van der Waals surface area (Å²) in [6.07, 6.45) is 6.31. The van der Waals surface area contributed by atoms with Crippen LogP contribution < -0.4 is 11.2 Å². The molecule has 8 nitrogen and oxygen atoms in total. The molecule has 1 aliphatic carbocycles. The first-order valence-electron chi connectivity index (χ1n) is 8.97. The van der Waals surface area contributed by atoms with E-state index in [9.17, 15) is 9.59 Å². The second kappa shape index (κ2) is 7.53. The van der Waals surface area contributed by atoms with Crippen molar-refractivity contribution in [3.05, 3.63) is 17.5 Å². The maximum absolute atomic E-state index is 11.9. The molecule has 1 aromatic rings. The number of likely N-dealkylation sites (N-methyl/N-ethyl adjacent to an activating group) is 1. The predicted molar refractivity (Wildman–Crippen MR) is 91.1 cm³/mol. The van der Waals surface area contributed by atoms with Crippen molar-refractivity contribution in [2.75, 3.05) is 20.1 Å². The van der Waals surface area contributed by atoms with Gasteiger partial charge in [-0.3, -0.25) is 9.59 Å². The van der Waals surface area contributed by atoms with Crippen molar-refractivity contribution < 1.29 is 14.1 Å². The van der Waals surface area contributed by atoms with Gasteiger partial charge in [-0.15, -0.1) is 0 Å². The molecule has 0 spiro atoms. The number of carbonyl (C=O) groups excluding carboxylic acids is 2. The number of rotatable bonds is 7. The maximum atomic E-state index is 11.9. The zero-order valence-corrected chi connectivity index (χ0v) is 14.7. The van der Waals surface area contributed by atoms with Crippen LogP contribution in [0.3, 0.4) is 0 Å². The van der Waals surface area contributed by atoms with Crippen molar-refractivity contribution in [1.82, 2.24) is 20.5 Å². The van der Waals surface area contributed by atoms with Gasteiger partial charge in [0, 0.05) is 32.1 Å². The fourth-order valence-electron chi connectivity index (χ4n) is 3.96. The van der Waals surface area contributed by atoms with E-state index in [4.69, 9.17) is 10.3 Å². The Hall–Kier alpha value is -1.93. The number of nitrogens with one attached hydrogen (secondary N) is 1. The molecule has 1 saturated heterocycles. The molecule has 1 saturated carbocycles. The third-order valence-electron chi connectivity index (χ3n) is 5.70. The highest BCUT2D eigenvalue weighted by Gasteiger charge is 2.43. The van der Waals surface area contributed by atoms with E-state index in [-0.39, 0.29) is 5.91 Å². The molecule has 138 valence electrons. The number of amides is 2. The van der Waals surface area contributed by atoms with Crippen molar-refractivity contribution in [1.29, 1.82) is 0 Å². The number of hydrogen-bond acceptors (Lipinski definition) is 6. The van der Waals surface area contributed by atoms with Crippen LogP contribution >= 0.6 is 0 Å². The van der Waals surface area contributed by atoms with E-state index in [1.54, 1.807) is 4.90 Å². The first-order valence-corrected chi connectivity index (χ1v) is 8.97. The van der Waals surface area contributed by atoms with E-state index in [1.165, 1.54) is 0 Å². The quantitative estimate of drug-likeness (QED) is 0.556. The van der Waals surface area contributed by atoms with Crippen LogP contribution in [0.5, 0.6) is 0 Å². The molecule has 0 atom stereocenters. The lowest BCUT2D eigenvalue weighted by molar-refractivity contribution is -0.131. The average Bonchev–Trinajstić information content (AvgIpc) is 3.30. The Bertz CT molecular complexity index is 603. The highest BCUT2D eigenvalue weighted by molar-refractivity contribution is 5.84. The van der Waals surface area contributed by atoms with Crippen molar-refractivity contribution in [3.63, 3.8) is 0 Å². The molecule has 0 unspecified atom stereocenters. The lowest BCUT2D eigenvalue weighted by Crippen LogP contribution is -2.58. The number of piperidine rings is 1. The second-order valence-electron chi connectivity index (χ2n) is 7.13. The lowest BCUT2D eigenvalue weighted by atomic mass is 9.94. The number of carbonyl (C=O) groups is 2. The fourth-order valence-corrected chi connectivity index (χ4v) is 3.96. The van der Waals surface area contributed by atoms with Crippen molar-refractivity contribution in [3.8, 4) is 0 Å². The van der Waals surface area contributed by atoms with Gasteiger partial charge in [-0.05, 0) is 25.7 Å². The Balaban J connectivity index is 1.55. The summed E-state index contributed by atoms with van der Waals surface area (Å²) in [5.41, 5.74) is 9.22. The highest BCUT2D eigenvalue weighted by atomic mass is 16.5. The summed E-state index contributed by atoms with van der Waals surface area (Å²) < 4.78 is 5.44. The molecule has 2 heterocycles. The molecule has 2 aliphatic rings. The number of aromatic nitrogens is 1. The normalized spacial score (nSPS) is 21.0. The first-order chi connectivity index (χ1) is 12.0. The predicted octanol–water partition coefficient (Wildman–Crippen LogP) is 0.745. The minimum Gasteiger partial charge on any atom is -0.368 e. The molecule has 0 radical (unpaired) electrons. The van der Waals surface area contributed by atoms with Gasteiger partial charge in [-0.1, -0.05) is 18.0 Å². The fraction of sp³-hybridized carbons (Fsp3) is 0.706. The largest absolute Gasteiger partial charge is 0.368 e. The molecule has 1 aromatic heterocycles. The van der Waals surface area contributed by atoms with Crippen LogP contribution in [0.1, 0.15) is 55.9 Å². The topological polar surface area (TPSA) is 105 Å². The van der Waals surface area contributed by atoms with Gasteiger partial charge in [0.15, 0.2) is 5.76 Å². The molecular formula is C17H27N5O3. The van der Waals surface area contributed by atoms with E-state index in [0.717, 1.165) is 69.5 Å². The van der Waals surface area contributed by atoms with Crippen LogP contribution in [0, 0.1) is 0 Å². The van der Waals surface area contributed by atoms with Crippen LogP contribution in [0.4, 0.5) is 0 Å². The summed E-state index contributed by atoms with van der Waals surface area (Å²) in [4.78, 5) is 24.5. The molecule has 0 bridgehead atoms. The number of likely N-dealkylation sites (tertiary alicyclic amines) is 1. The van der Waals surface area contributed by atoms with Crippen molar-refractivity contribution in [2.45, 2.75) is 56.5 Å². The zero-order chi connectivity index (χ0) is 17.9. The minimum atomic E-state index is -0.607. The van der Waals surface area contributed by atoms with Crippen LogP contribution in [0.25, 0.3) is 0 Å². The number of nitrogens with zero attached hydrogens (tertiary/aromatic N) is 3. The number of hydrazine groups is 1. The highest BCUT2D eigenvalue weighted by Crippen LogP contribution is 2.33. The Kier molecular flexibility index (Phi) is 5.39. The smallest absolute Gasteiger partial charge is 0.239 e. The van der Waals surface area contributed by atoms with E-state index < -0.39 is 5.54 Å². The minimum absolute atomic E-state index is 0.278. The number of nitrogens with two attached hydrogens (primary N) is 1. The summed E-state index contributed by atoms with van der Waals surface area (Å²) >= 11 is 0. The Morgan fingerprint density at radius 3 is 2.76 bits per heavy atom. The van der Waals surface area contributed by atoms with Gasteiger partial charge >= 0.3 is 0 Å². The van der Waals surface area contributed by atoms with E-state index in [1.807, 2.05) is 18.1 Å². The molecular weight excluding hydrogens is 322 g/mol. The number of hydrogen-bond donors (Lipinski definition) is 2. The van der Waals surface area contributed by atoms with E-state index in [2.05, 4.69) is 10.6 Å². The Morgan fingerprint density at radius 1 is 1.48 bits per heavy atom. The van der Waals surface area contributed by atoms with Gasteiger partial charge in [0.1, 0.15) is 5.54 Å². The third-order valence-corrected chi connectivity index (χ3v) is 5.70. The first kappa shape index (κ1) is 17.9. The van der Waals surface area contributed by atoms with Gasteiger partial charge in [-0.2, -0.15) is 0 Å². The van der Waals surface area contributed by atoms with Gasteiger partial charge in [0.05, 0.1) is 12.2 Å². The van der Waals surface area contributed by atoms with Crippen molar-refractivity contribution >= 4 is 12.3 Å². The summed E-state index contributed by atoms with van der Waals surface area (Å²) in [5, 5.41) is 6.03. The summed E-state index contributed by atoms with van der Waals surface area (Å²) in [5.74, 6) is 0.788. The maximum Gasteiger partial charge on any atom is 0.239 e. The van der Waals surface area contributed by atoms with Crippen LogP contribution in [0.15, 0.2) is 10.6 Å². The van der Waals surface area contributed by atoms with Gasteiger partial charge < -0.3 is 15.2 Å². The monoisotopic (exact) mass is 349 g/mol. The van der Waals surface area contributed by atoms with Crippen LogP contribution in [-0.4, -0.2) is 53.1 Å². The van der Waals surface area contributed by atoms with Crippen molar-refractivity contribution in [2.24, 2.45) is 5.73 Å². The molecule has 1 aliphatic heterocycles. The standard InChI is InChI=1S/C17H27N5O3/c1-21(17(16(18)24)6-2-3-7-17)19-11-14-10-15(20-25-14)13-4-8-22(12-23)9-5-13/h10,12-13,19H,2-9,11H2,1H3,(H2,18,24). The van der Waals surface area contributed by atoms with Gasteiger partial charge in [0.2, 0.25) is 12.3 Å². The third kappa shape index (κ3) is 3.69. The van der Waals surface area contributed by atoms with Crippen LogP contribution in [0.2, 0.25) is 0 Å². The number of primary amides is 1. The SMILES string of the molecule is CN(NCc1cc(C2CCN(C=O)CC2)no1)C1(C(N)=O)CCCC1. The molecule has 25 heavy (non-hydrogen) atoms. The molecule has 2 amide bonds. The second-order valence-corrected chi connectivity index (χ2v) is 7.13. The molecule has 3 rings (SSSR count). The Labute approximate surface area is 147 Å². The average molecular weight is 349 g/mol. The Morgan fingerprint density at radius 2 is 2.16 bits per heavy atom. The molecule has 3 N–H and O–H groups in total. The molecule has 8 heteroatoms. The molecule has 0 aromatic carbocycles. The molecule has 2 fully saturated rings. The van der Waals surface area contributed by atoms with Gasteiger partial charge in [-0.25, -0.2) is 10.4 Å². The van der Waals surface area contributed by atoms with Gasteiger partial charge in [0.25, 0.3) is 0 Å². The summed E-state index contributed by atoms with van der Waals surface area (Å²) in [7, 11) is 1.86. The van der Waals surface area contributed by atoms with E-state index >= 15 is 0 Å². The summed E-state index contributed by atoms with van der Waals surface area (Å²) in [6, 6.07) is 1.97. The van der Waals surface area contributed by atoms with Crippen LogP contribution in [-0.2, 0) is 16.1 Å². The van der Waals surface area contributed by atoms with E-state index in [0.29, 0.717) is 12.5 Å².